The Bertz CT molecular complexity index is 1100. The summed E-state index contributed by atoms with van der Waals surface area (Å²) < 4.78 is 7.54. The minimum absolute atomic E-state index is 0.0367. The molecular weight excluding hydrogens is 330 g/mol. The van der Waals surface area contributed by atoms with E-state index < -0.39 is 0 Å². The highest BCUT2D eigenvalue weighted by Gasteiger charge is 2.26. The van der Waals surface area contributed by atoms with Crippen LogP contribution in [0.1, 0.15) is 21.8 Å². The van der Waals surface area contributed by atoms with Crippen LogP contribution in [-0.2, 0) is 13.0 Å². The van der Waals surface area contributed by atoms with E-state index in [1.807, 2.05) is 30.3 Å². The smallest absolute Gasteiger partial charge is 0.254 e. The van der Waals surface area contributed by atoms with Crippen molar-refractivity contribution < 1.29 is 9.21 Å². The van der Waals surface area contributed by atoms with E-state index in [1.54, 1.807) is 27.7 Å². The highest BCUT2D eigenvalue weighted by molar-refractivity contribution is 5.95. The summed E-state index contributed by atoms with van der Waals surface area (Å²) in [5, 5.41) is 4.05. The van der Waals surface area contributed by atoms with Gasteiger partial charge in [0.2, 0.25) is 5.89 Å². The number of benzene rings is 1. The molecule has 0 bridgehead atoms. The fourth-order valence-corrected chi connectivity index (χ4v) is 3.21. The van der Waals surface area contributed by atoms with Crippen LogP contribution in [0.5, 0.6) is 0 Å². The molecule has 0 fully saturated rings. The van der Waals surface area contributed by atoms with E-state index in [0.717, 1.165) is 17.0 Å². The molecule has 0 atom stereocenters. The van der Waals surface area contributed by atoms with E-state index in [0.29, 0.717) is 36.6 Å². The Kier molecular flexibility index (Phi) is 3.31. The van der Waals surface area contributed by atoms with Crippen molar-refractivity contribution in [2.24, 2.45) is 0 Å². The van der Waals surface area contributed by atoms with Gasteiger partial charge in [0, 0.05) is 30.3 Å². The fraction of sp³-hybridized carbons (Fsp3) is 0.158. The summed E-state index contributed by atoms with van der Waals surface area (Å²) in [5.74, 6) is 1.43. The molecule has 4 aromatic rings. The summed E-state index contributed by atoms with van der Waals surface area (Å²) in [7, 11) is 0. The van der Waals surface area contributed by atoms with Gasteiger partial charge in [0.25, 0.3) is 5.91 Å². The van der Waals surface area contributed by atoms with Gasteiger partial charge in [0.1, 0.15) is 17.8 Å². The first-order valence-corrected chi connectivity index (χ1v) is 8.40. The summed E-state index contributed by atoms with van der Waals surface area (Å²) in [5.41, 5.74) is 3.02. The van der Waals surface area contributed by atoms with Crippen molar-refractivity contribution in [1.29, 1.82) is 0 Å². The summed E-state index contributed by atoms with van der Waals surface area (Å²) in [6.07, 6.45) is 3.87. The monoisotopic (exact) mass is 345 g/mol. The molecule has 0 spiro atoms. The lowest BCUT2D eigenvalue weighted by Crippen LogP contribution is -2.35. The highest BCUT2D eigenvalue weighted by atomic mass is 16.4. The van der Waals surface area contributed by atoms with Gasteiger partial charge in [-0.15, -0.1) is 0 Å². The molecule has 1 amide bonds. The normalized spacial score (nSPS) is 13.8. The largest absolute Gasteiger partial charge is 0.441 e. The van der Waals surface area contributed by atoms with E-state index in [2.05, 4.69) is 15.1 Å². The van der Waals surface area contributed by atoms with Crippen LogP contribution >= 0.6 is 0 Å². The van der Waals surface area contributed by atoms with E-state index in [-0.39, 0.29) is 5.91 Å². The van der Waals surface area contributed by atoms with Gasteiger partial charge in [-0.05, 0) is 24.3 Å². The van der Waals surface area contributed by atoms with Crippen molar-refractivity contribution in [3.63, 3.8) is 0 Å². The van der Waals surface area contributed by atoms with Crippen molar-refractivity contribution in [1.82, 2.24) is 24.5 Å². The van der Waals surface area contributed by atoms with Crippen LogP contribution in [0.4, 0.5) is 0 Å². The van der Waals surface area contributed by atoms with Crippen LogP contribution in [0.2, 0.25) is 0 Å². The molecule has 0 aliphatic carbocycles. The predicted octanol–water partition coefficient (Wildman–Crippen LogP) is 2.58. The van der Waals surface area contributed by atoms with Crippen molar-refractivity contribution in [2.45, 2.75) is 13.0 Å². The first kappa shape index (κ1) is 14.8. The molecule has 26 heavy (non-hydrogen) atoms. The molecule has 128 valence electrons. The lowest BCUT2D eigenvalue weighted by molar-refractivity contribution is 0.0728. The number of fused-ring (bicyclic) bond motifs is 2. The Morgan fingerprint density at radius 2 is 2.04 bits per heavy atom. The molecule has 7 heteroatoms. The Morgan fingerprint density at radius 1 is 1.15 bits per heavy atom. The Morgan fingerprint density at radius 3 is 2.92 bits per heavy atom. The SMILES string of the molecule is O=C(c1ccn2ncnc2c1)N1CCc2oc(-c3ccccc3)nc2C1. The Hall–Kier alpha value is -3.48. The average Bonchev–Trinajstić information content (AvgIpc) is 3.33. The van der Waals surface area contributed by atoms with Crippen LogP contribution in [0.15, 0.2) is 59.4 Å². The number of amides is 1. The van der Waals surface area contributed by atoms with Crippen molar-refractivity contribution in [3.05, 3.63) is 72.0 Å². The zero-order chi connectivity index (χ0) is 17.5. The van der Waals surface area contributed by atoms with Gasteiger partial charge in [-0.2, -0.15) is 5.10 Å². The van der Waals surface area contributed by atoms with Crippen molar-refractivity contribution in [2.75, 3.05) is 6.54 Å². The van der Waals surface area contributed by atoms with Crippen molar-refractivity contribution >= 4 is 11.6 Å². The van der Waals surface area contributed by atoms with Crippen molar-refractivity contribution in [3.8, 4) is 11.5 Å². The molecule has 5 rings (SSSR count). The first-order chi connectivity index (χ1) is 12.8. The van der Waals surface area contributed by atoms with Gasteiger partial charge in [-0.25, -0.2) is 14.5 Å². The molecule has 0 saturated carbocycles. The summed E-state index contributed by atoms with van der Waals surface area (Å²) in [6, 6.07) is 13.3. The van der Waals surface area contributed by atoms with Crippen LogP contribution in [0, 0.1) is 0 Å². The molecule has 1 aromatic carbocycles. The van der Waals surface area contributed by atoms with E-state index in [1.165, 1.54) is 6.33 Å². The van der Waals surface area contributed by atoms with Gasteiger partial charge in [0.15, 0.2) is 5.65 Å². The average molecular weight is 345 g/mol. The molecule has 0 unspecified atom stereocenters. The first-order valence-electron chi connectivity index (χ1n) is 8.40. The maximum atomic E-state index is 12.9. The van der Waals surface area contributed by atoms with E-state index >= 15 is 0 Å². The molecule has 0 N–H and O–H groups in total. The third-order valence-electron chi connectivity index (χ3n) is 4.56. The molecule has 0 radical (unpaired) electrons. The molecule has 3 aromatic heterocycles. The Balaban J connectivity index is 1.41. The zero-order valence-electron chi connectivity index (χ0n) is 13.9. The number of nitrogens with zero attached hydrogens (tertiary/aromatic N) is 5. The quantitative estimate of drug-likeness (QED) is 0.558. The van der Waals surface area contributed by atoms with Gasteiger partial charge in [-0.1, -0.05) is 18.2 Å². The maximum Gasteiger partial charge on any atom is 0.254 e. The number of hydrogen-bond acceptors (Lipinski definition) is 5. The van der Waals surface area contributed by atoms with Gasteiger partial charge >= 0.3 is 0 Å². The van der Waals surface area contributed by atoms with E-state index in [9.17, 15) is 4.79 Å². The molecule has 0 saturated heterocycles. The fourth-order valence-electron chi connectivity index (χ4n) is 3.21. The van der Waals surface area contributed by atoms with Crippen LogP contribution < -0.4 is 0 Å². The zero-order valence-corrected chi connectivity index (χ0v) is 13.9. The molecule has 7 nitrogen and oxygen atoms in total. The number of carbonyl (C=O) groups is 1. The number of hydrogen-bond donors (Lipinski definition) is 0. The summed E-state index contributed by atoms with van der Waals surface area (Å²) in [4.78, 5) is 23.4. The number of oxazole rings is 1. The Labute approximate surface area is 148 Å². The second-order valence-electron chi connectivity index (χ2n) is 6.21. The third kappa shape index (κ3) is 2.45. The second-order valence-corrected chi connectivity index (χ2v) is 6.21. The van der Waals surface area contributed by atoms with Gasteiger partial charge in [-0.3, -0.25) is 4.79 Å². The third-order valence-corrected chi connectivity index (χ3v) is 4.56. The number of pyridine rings is 1. The minimum Gasteiger partial charge on any atom is -0.441 e. The van der Waals surface area contributed by atoms with Gasteiger partial charge in [0.05, 0.1) is 6.54 Å². The number of aromatic nitrogens is 4. The maximum absolute atomic E-state index is 12.9. The van der Waals surface area contributed by atoms with Gasteiger partial charge < -0.3 is 9.32 Å². The molecule has 1 aliphatic rings. The highest BCUT2D eigenvalue weighted by Crippen LogP contribution is 2.26. The minimum atomic E-state index is -0.0367. The number of carbonyl (C=O) groups excluding carboxylic acids is 1. The second kappa shape index (κ2) is 5.80. The lowest BCUT2D eigenvalue weighted by atomic mass is 10.1. The molecule has 4 heterocycles. The standard InChI is InChI=1S/C19H15N5O2/c25-19(14-6-9-24-17(10-14)20-12-21-24)23-8-7-16-15(11-23)22-18(26-16)13-4-2-1-3-5-13/h1-6,9-10,12H,7-8,11H2. The molecule has 1 aliphatic heterocycles. The van der Waals surface area contributed by atoms with Crippen LogP contribution in [-0.4, -0.2) is 36.9 Å². The summed E-state index contributed by atoms with van der Waals surface area (Å²) >= 11 is 0. The molecular formula is C19H15N5O2. The topological polar surface area (TPSA) is 76.5 Å². The van der Waals surface area contributed by atoms with Crippen LogP contribution in [0.25, 0.3) is 17.1 Å². The predicted molar refractivity (Wildman–Crippen MR) is 93.4 cm³/mol. The van der Waals surface area contributed by atoms with E-state index in [4.69, 9.17) is 4.42 Å². The summed E-state index contributed by atoms with van der Waals surface area (Å²) in [6.45, 7) is 1.05. The lowest BCUT2D eigenvalue weighted by Gasteiger charge is -2.25. The number of rotatable bonds is 2. The van der Waals surface area contributed by atoms with Crippen LogP contribution in [0.3, 0.4) is 0 Å².